The molecule has 1 fully saturated rings. The van der Waals surface area contributed by atoms with E-state index in [1.54, 1.807) is 5.48 Å². The Morgan fingerprint density at radius 1 is 1.10 bits per heavy atom. The van der Waals surface area contributed by atoms with E-state index < -0.39 is 6.03 Å². The van der Waals surface area contributed by atoms with Gasteiger partial charge in [-0.3, -0.25) is 20.1 Å². The minimum absolute atomic E-state index is 0.217. The Balaban J connectivity index is 1.85. The Bertz CT molecular complexity index is 801. The van der Waals surface area contributed by atoms with Crippen LogP contribution in [0.5, 0.6) is 0 Å². The highest BCUT2D eigenvalue weighted by Crippen LogP contribution is 2.41. The molecule has 0 aliphatic carbocycles. The molecular formula is C22H29N5O2. The average Bonchev–Trinajstić information content (AvgIpc) is 2.74. The summed E-state index contributed by atoms with van der Waals surface area (Å²) in [5.41, 5.74) is 6.21. The van der Waals surface area contributed by atoms with E-state index in [1.165, 1.54) is 11.1 Å². The van der Waals surface area contributed by atoms with E-state index in [0.29, 0.717) is 6.54 Å². The van der Waals surface area contributed by atoms with E-state index in [-0.39, 0.29) is 12.1 Å². The Kier molecular flexibility index (Phi) is 7.32. The number of aromatic nitrogens is 2. The van der Waals surface area contributed by atoms with Gasteiger partial charge in [-0.1, -0.05) is 24.3 Å². The Labute approximate surface area is 171 Å². The highest BCUT2D eigenvalue weighted by atomic mass is 16.5. The van der Waals surface area contributed by atoms with Crippen LogP contribution >= 0.6 is 0 Å². The third-order valence-electron chi connectivity index (χ3n) is 5.45. The molecule has 29 heavy (non-hydrogen) atoms. The van der Waals surface area contributed by atoms with Gasteiger partial charge in [0.25, 0.3) is 0 Å². The molecule has 2 aromatic rings. The first-order valence-corrected chi connectivity index (χ1v) is 10.0. The van der Waals surface area contributed by atoms with Crippen molar-refractivity contribution < 1.29 is 10.0 Å². The van der Waals surface area contributed by atoms with E-state index >= 15 is 0 Å². The van der Waals surface area contributed by atoms with Crippen molar-refractivity contribution in [1.82, 2.24) is 25.7 Å². The van der Waals surface area contributed by atoms with Crippen LogP contribution < -0.4 is 10.8 Å². The maximum Gasteiger partial charge on any atom is 0.338 e. The summed E-state index contributed by atoms with van der Waals surface area (Å²) in [6, 6.07) is 8.00. The molecule has 3 heterocycles. The number of likely N-dealkylation sites (tertiary alicyclic amines) is 1. The fourth-order valence-electron chi connectivity index (χ4n) is 4.06. The first-order valence-electron chi connectivity index (χ1n) is 10.0. The van der Waals surface area contributed by atoms with E-state index in [4.69, 9.17) is 15.2 Å². The predicted octanol–water partition coefficient (Wildman–Crippen LogP) is 3.61. The van der Waals surface area contributed by atoms with E-state index in [1.807, 2.05) is 30.6 Å². The topological polar surface area (TPSA) is 90.4 Å². The van der Waals surface area contributed by atoms with Gasteiger partial charge in [0.15, 0.2) is 0 Å². The molecule has 0 aromatic carbocycles. The van der Waals surface area contributed by atoms with Crippen LogP contribution in [-0.4, -0.2) is 39.2 Å². The first kappa shape index (κ1) is 21.0. The number of hydrogen-bond donors (Lipinski definition) is 3. The zero-order valence-electron chi connectivity index (χ0n) is 17.0. The minimum Gasteiger partial charge on any atom is -0.333 e. The number of carbonyl (C=O) groups excluding carboxylic acids is 1. The summed E-state index contributed by atoms with van der Waals surface area (Å²) in [5, 5.41) is 11.1. The monoisotopic (exact) mass is 395 g/mol. The number of nitrogens with one attached hydrogen (secondary N) is 2. The molecule has 7 nitrogen and oxygen atoms in total. The number of urea groups is 1. The van der Waals surface area contributed by atoms with Crippen LogP contribution in [-0.2, 0) is 0 Å². The Hall–Kier alpha value is -2.77. The molecule has 1 unspecified atom stereocenters. The van der Waals surface area contributed by atoms with Crippen molar-refractivity contribution in [2.45, 2.75) is 45.2 Å². The number of amides is 2. The standard InChI is InChI=1S/C22H29N5O2/c1-16-8-6-13-23-20(16)18-10-5-11-19(21-17(2)9-7-14-24-21)27(18)15-4-3-12-25-22(28)26-29/h3-4,6-9,13-14,18-19,29H,5,10-12,15H2,1-2H3,(H2,25,26,28)/b4-3-/t18-,19?/m0/s1. The molecule has 2 aromatic heterocycles. The SMILES string of the molecule is Cc1cccnc1C1CCC[C@@H](c2ncccc2C)N1C/C=C\CNC(=O)NO. The van der Waals surface area contributed by atoms with Crippen molar-refractivity contribution >= 4 is 6.03 Å². The summed E-state index contributed by atoms with van der Waals surface area (Å²) in [7, 11) is 0. The lowest BCUT2D eigenvalue weighted by atomic mass is 9.89. The lowest BCUT2D eigenvalue weighted by Crippen LogP contribution is -2.38. The zero-order chi connectivity index (χ0) is 20.6. The Morgan fingerprint density at radius 3 is 2.21 bits per heavy atom. The molecule has 154 valence electrons. The van der Waals surface area contributed by atoms with Crippen LogP contribution in [0.4, 0.5) is 4.79 Å². The molecule has 0 radical (unpaired) electrons. The fraction of sp³-hybridized carbons (Fsp3) is 0.409. The van der Waals surface area contributed by atoms with Crippen molar-refractivity contribution in [2.24, 2.45) is 0 Å². The van der Waals surface area contributed by atoms with E-state index in [0.717, 1.165) is 37.2 Å². The molecule has 1 saturated heterocycles. The molecular weight excluding hydrogens is 366 g/mol. The third-order valence-corrected chi connectivity index (χ3v) is 5.45. The van der Waals surface area contributed by atoms with Gasteiger partial charge in [-0.2, -0.15) is 0 Å². The quantitative estimate of drug-likeness (QED) is 0.395. The maximum atomic E-state index is 11.1. The van der Waals surface area contributed by atoms with Gasteiger partial charge in [0.05, 0.1) is 23.5 Å². The summed E-state index contributed by atoms with van der Waals surface area (Å²) in [5.74, 6) is 0. The average molecular weight is 396 g/mol. The first-order chi connectivity index (χ1) is 14.1. The highest BCUT2D eigenvalue weighted by molar-refractivity contribution is 5.72. The maximum absolute atomic E-state index is 11.1. The van der Waals surface area contributed by atoms with Crippen molar-refractivity contribution in [3.63, 3.8) is 0 Å². The molecule has 0 spiro atoms. The number of nitrogens with zero attached hydrogens (tertiary/aromatic N) is 3. The lowest BCUT2D eigenvalue weighted by molar-refractivity contribution is 0.0901. The van der Waals surface area contributed by atoms with Gasteiger partial charge in [-0.15, -0.1) is 0 Å². The normalized spacial score (nSPS) is 20.0. The van der Waals surface area contributed by atoms with E-state index in [2.05, 4.69) is 42.3 Å². The third kappa shape index (κ3) is 5.19. The predicted molar refractivity (Wildman–Crippen MR) is 111 cm³/mol. The van der Waals surface area contributed by atoms with Crippen molar-refractivity contribution in [3.05, 3.63) is 71.3 Å². The smallest absolute Gasteiger partial charge is 0.333 e. The van der Waals surface area contributed by atoms with Gasteiger partial charge in [-0.05, 0) is 56.4 Å². The van der Waals surface area contributed by atoms with Crippen molar-refractivity contribution in [3.8, 4) is 0 Å². The molecule has 1 aliphatic heterocycles. The minimum atomic E-state index is -0.614. The van der Waals surface area contributed by atoms with Crippen LogP contribution in [0, 0.1) is 13.8 Å². The molecule has 3 rings (SSSR count). The van der Waals surface area contributed by atoms with Gasteiger partial charge in [-0.25, -0.2) is 10.3 Å². The number of piperidine rings is 1. The summed E-state index contributed by atoms with van der Waals surface area (Å²) >= 11 is 0. The van der Waals surface area contributed by atoms with Gasteiger partial charge in [0.2, 0.25) is 0 Å². The van der Waals surface area contributed by atoms with Crippen LogP contribution in [0.2, 0.25) is 0 Å². The Morgan fingerprint density at radius 2 is 1.69 bits per heavy atom. The van der Waals surface area contributed by atoms with Gasteiger partial charge in [0, 0.05) is 25.5 Å². The highest BCUT2D eigenvalue weighted by Gasteiger charge is 2.34. The van der Waals surface area contributed by atoms with Crippen LogP contribution in [0.15, 0.2) is 48.8 Å². The van der Waals surface area contributed by atoms with Gasteiger partial charge >= 0.3 is 6.03 Å². The number of hydroxylamine groups is 1. The second-order valence-electron chi connectivity index (χ2n) is 7.36. The largest absolute Gasteiger partial charge is 0.338 e. The van der Waals surface area contributed by atoms with Crippen molar-refractivity contribution in [1.29, 1.82) is 0 Å². The number of carbonyl (C=O) groups is 1. The molecule has 3 N–H and O–H groups in total. The fourth-order valence-corrected chi connectivity index (χ4v) is 4.06. The molecule has 2 amide bonds. The van der Waals surface area contributed by atoms with Crippen LogP contribution in [0.3, 0.4) is 0 Å². The molecule has 1 aliphatic rings. The summed E-state index contributed by atoms with van der Waals surface area (Å²) in [4.78, 5) is 23.0. The van der Waals surface area contributed by atoms with Crippen molar-refractivity contribution in [2.75, 3.05) is 13.1 Å². The lowest BCUT2D eigenvalue weighted by Gasteiger charge is -2.42. The number of pyridine rings is 2. The molecule has 0 saturated carbocycles. The van der Waals surface area contributed by atoms with Gasteiger partial charge < -0.3 is 5.32 Å². The molecule has 0 bridgehead atoms. The second kappa shape index (κ2) is 10.1. The van der Waals surface area contributed by atoms with Gasteiger partial charge in [0.1, 0.15) is 0 Å². The molecule has 2 atom stereocenters. The number of hydrogen-bond acceptors (Lipinski definition) is 5. The summed E-state index contributed by atoms with van der Waals surface area (Å²) < 4.78 is 0. The number of rotatable bonds is 6. The number of aryl methyl sites for hydroxylation is 2. The summed E-state index contributed by atoms with van der Waals surface area (Å²) in [6.45, 7) is 5.30. The zero-order valence-corrected chi connectivity index (χ0v) is 17.0. The summed E-state index contributed by atoms with van der Waals surface area (Å²) in [6.07, 6.45) is 10.9. The van der Waals surface area contributed by atoms with Crippen LogP contribution in [0.25, 0.3) is 0 Å². The van der Waals surface area contributed by atoms with E-state index in [9.17, 15) is 4.79 Å². The van der Waals surface area contributed by atoms with Crippen LogP contribution in [0.1, 0.15) is 53.9 Å². The molecule has 7 heteroatoms. The second-order valence-corrected chi connectivity index (χ2v) is 7.36.